The minimum Gasteiger partial charge on any atom is -0.293 e. The van der Waals surface area contributed by atoms with E-state index in [1.165, 1.54) is 5.01 Å². The molecule has 1 aliphatic rings. The minimum absolute atomic E-state index is 0.223. The molecular formula is C23H18N2O2. The first-order valence-corrected chi connectivity index (χ1v) is 8.79. The van der Waals surface area contributed by atoms with Gasteiger partial charge in [0.15, 0.2) is 5.78 Å². The molecule has 0 aliphatic carbocycles. The molecule has 0 aromatic heterocycles. The number of amides is 1. The molecule has 0 saturated heterocycles. The number of carbonyl (C=O) groups excluding carboxylic acids is 2. The lowest BCUT2D eigenvalue weighted by Gasteiger charge is -2.14. The first kappa shape index (κ1) is 16.9. The maximum Gasteiger partial charge on any atom is 0.264 e. The number of ketones is 1. The molecule has 1 atom stereocenters. The Kier molecular flexibility index (Phi) is 4.38. The summed E-state index contributed by atoms with van der Waals surface area (Å²) in [7, 11) is 0. The highest BCUT2D eigenvalue weighted by atomic mass is 16.2. The molecule has 0 N–H and O–H groups in total. The Hall–Kier alpha value is -3.53. The highest BCUT2D eigenvalue weighted by Crippen LogP contribution is 2.27. The zero-order valence-electron chi connectivity index (χ0n) is 14.9. The van der Waals surface area contributed by atoms with E-state index in [4.69, 9.17) is 0 Å². The van der Waals surface area contributed by atoms with Crippen molar-refractivity contribution in [3.8, 4) is 11.1 Å². The quantitative estimate of drug-likeness (QED) is 0.509. The van der Waals surface area contributed by atoms with Crippen molar-refractivity contribution in [3.05, 3.63) is 90.5 Å². The number of para-hydroxylation sites is 1. The Labute approximate surface area is 157 Å². The molecule has 0 radical (unpaired) electrons. The first-order valence-electron chi connectivity index (χ1n) is 8.79. The van der Waals surface area contributed by atoms with E-state index in [1.54, 1.807) is 31.2 Å². The van der Waals surface area contributed by atoms with Crippen molar-refractivity contribution in [2.24, 2.45) is 11.0 Å². The third-order valence-electron chi connectivity index (χ3n) is 4.67. The average Bonchev–Trinajstić information content (AvgIpc) is 3.03. The Morgan fingerprint density at radius 1 is 0.815 bits per heavy atom. The van der Waals surface area contributed by atoms with Crippen molar-refractivity contribution in [1.29, 1.82) is 0 Å². The minimum atomic E-state index is -0.868. The second-order valence-electron chi connectivity index (χ2n) is 6.47. The van der Waals surface area contributed by atoms with Crippen molar-refractivity contribution in [3.63, 3.8) is 0 Å². The fraction of sp³-hybridized carbons (Fsp3) is 0.0870. The molecular weight excluding hydrogens is 336 g/mol. The number of anilines is 1. The smallest absolute Gasteiger partial charge is 0.264 e. The summed E-state index contributed by atoms with van der Waals surface area (Å²) < 4.78 is 0. The van der Waals surface area contributed by atoms with Gasteiger partial charge in [-0.15, -0.1) is 0 Å². The highest BCUT2D eigenvalue weighted by Gasteiger charge is 2.39. The third-order valence-corrected chi connectivity index (χ3v) is 4.67. The Morgan fingerprint density at radius 3 is 2.00 bits per heavy atom. The molecule has 3 aromatic rings. The van der Waals surface area contributed by atoms with Crippen LogP contribution in [0.15, 0.2) is 90.0 Å². The van der Waals surface area contributed by atoms with Crippen LogP contribution < -0.4 is 5.01 Å². The van der Waals surface area contributed by atoms with Crippen LogP contribution in [0.3, 0.4) is 0 Å². The zero-order chi connectivity index (χ0) is 18.8. The second-order valence-corrected chi connectivity index (χ2v) is 6.47. The van der Waals surface area contributed by atoms with E-state index in [2.05, 4.69) is 5.10 Å². The van der Waals surface area contributed by atoms with Crippen molar-refractivity contribution >= 4 is 23.1 Å². The first-order chi connectivity index (χ1) is 13.1. The standard InChI is InChI=1S/C23H18N2O2/c1-16-21(23(27)25(24-16)20-10-6-3-7-11-20)22(26)19-14-12-18(13-15-19)17-8-4-2-5-9-17/h2-15,21H,1H3. The maximum atomic E-state index is 13.0. The van der Waals surface area contributed by atoms with Crippen molar-refractivity contribution in [1.82, 2.24) is 0 Å². The molecule has 1 amide bonds. The maximum absolute atomic E-state index is 13.0. The van der Waals surface area contributed by atoms with Gasteiger partial charge >= 0.3 is 0 Å². The summed E-state index contributed by atoms with van der Waals surface area (Å²) in [5, 5.41) is 5.63. The number of benzene rings is 3. The van der Waals surface area contributed by atoms with Crippen LogP contribution in [0.5, 0.6) is 0 Å². The van der Waals surface area contributed by atoms with Crippen LogP contribution in [0, 0.1) is 5.92 Å². The summed E-state index contributed by atoms with van der Waals surface area (Å²) in [4.78, 5) is 25.8. The Balaban J connectivity index is 1.58. The fourth-order valence-corrected chi connectivity index (χ4v) is 3.25. The van der Waals surface area contributed by atoms with E-state index in [1.807, 2.05) is 60.7 Å². The molecule has 1 heterocycles. The normalized spacial score (nSPS) is 16.3. The monoisotopic (exact) mass is 354 g/mol. The molecule has 0 bridgehead atoms. The molecule has 27 heavy (non-hydrogen) atoms. The topological polar surface area (TPSA) is 49.7 Å². The molecule has 1 unspecified atom stereocenters. The van der Waals surface area contributed by atoms with Gasteiger partial charge < -0.3 is 0 Å². The predicted octanol–water partition coefficient (Wildman–Crippen LogP) is 4.58. The lowest BCUT2D eigenvalue weighted by atomic mass is 9.92. The average molecular weight is 354 g/mol. The molecule has 4 nitrogen and oxygen atoms in total. The number of rotatable bonds is 4. The van der Waals surface area contributed by atoms with Gasteiger partial charge in [-0.1, -0.05) is 72.8 Å². The van der Waals surface area contributed by atoms with E-state index in [0.29, 0.717) is 17.0 Å². The van der Waals surface area contributed by atoms with Crippen LogP contribution in [0.1, 0.15) is 17.3 Å². The summed E-state index contributed by atoms with van der Waals surface area (Å²) in [5.41, 5.74) is 3.80. The van der Waals surface area contributed by atoms with Crippen LogP contribution in [-0.2, 0) is 4.79 Å². The third kappa shape index (κ3) is 3.17. The van der Waals surface area contributed by atoms with Crippen molar-refractivity contribution in [2.75, 3.05) is 5.01 Å². The van der Waals surface area contributed by atoms with Crippen LogP contribution in [0.25, 0.3) is 11.1 Å². The lowest BCUT2D eigenvalue weighted by Crippen LogP contribution is -2.32. The molecule has 0 spiro atoms. The lowest BCUT2D eigenvalue weighted by molar-refractivity contribution is -0.118. The fourth-order valence-electron chi connectivity index (χ4n) is 3.25. The van der Waals surface area contributed by atoms with Gasteiger partial charge in [-0.25, -0.2) is 0 Å². The van der Waals surface area contributed by atoms with E-state index >= 15 is 0 Å². The second kappa shape index (κ2) is 7.00. The summed E-state index contributed by atoms with van der Waals surface area (Å²) in [5.74, 6) is -1.40. The van der Waals surface area contributed by atoms with Gasteiger partial charge in [0.2, 0.25) is 0 Å². The summed E-state index contributed by atoms with van der Waals surface area (Å²) in [6.45, 7) is 1.72. The van der Waals surface area contributed by atoms with Crippen molar-refractivity contribution in [2.45, 2.75) is 6.92 Å². The molecule has 0 fully saturated rings. The Morgan fingerprint density at radius 2 is 1.37 bits per heavy atom. The predicted molar refractivity (Wildman–Crippen MR) is 107 cm³/mol. The van der Waals surface area contributed by atoms with Gasteiger partial charge in [0.05, 0.1) is 11.4 Å². The molecule has 132 valence electrons. The molecule has 0 saturated carbocycles. The van der Waals surface area contributed by atoms with Gasteiger partial charge in [0, 0.05) is 5.56 Å². The number of hydrogen-bond acceptors (Lipinski definition) is 3. The SMILES string of the molecule is CC1=NN(c2ccccc2)C(=O)C1C(=O)c1ccc(-c2ccccc2)cc1. The summed E-state index contributed by atoms with van der Waals surface area (Å²) >= 11 is 0. The van der Waals surface area contributed by atoms with E-state index in [-0.39, 0.29) is 11.7 Å². The number of hydrazone groups is 1. The van der Waals surface area contributed by atoms with Crippen LogP contribution in [0.4, 0.5) is 5.69 Å². The Bertz CT molecular complexity index is 1010. The van der Waals surface area contributed by atoms with Gasteiger partial charge in [-0.05, 0) is 30.2 Å². The summed E-state index contributed by atoms with van der Waals surface area (Å²) in [6, 6.07) is 26.5. The number of nitrogens with zero attached hydrogens (tertiary/aromatic N) is 2. The van der Waals surface area contributed by atoms with Gasteiger partial charge in [0.25, 0.3) is 5.91 Å². The van der Waals surface area contributed by atoms with Gasteiger partial charge in [0.1, 0.15) is 5.92 Å². The largest absolute Gasteiger partial charge is 0.293 e. The zero-order valence-corrected chi connectivity index (χ0v) is 14.9. The van der Waals surface area contributed by atoms with E-state index < -0.39 is 5.92 Å². The number of Topliss-reactive ketones (excluding diaryl/α,β-unsaturated/α-hetero) is 1. The van der Waals surface area contributed by atoms with E-state index in [0.717, 1.165) is 11.1 Å². The van der Waals surface area contributed by atoms with E-state index in [9.17, 15) is 9.59 Å². The summed E-state index contributed by atoms with van der Waals surface area (Å²) in [6.07, 6.45) is 0. The number of carbonyl (C=O) groups is 2. The molecule has 3 aromatic carbocycles. The van der Waals surface area contributed by atoms with Gasteiger partial charge in [-0.2, -0.15) is 10.1 Å². The van der Waals surface area contributed by atoms with Crippen LogP contribution >= 0.6 is 0 Å². The van der Waals surface area contributed by atoms with Crippen molar-refractivity contribution < 1.29 is 9.59 Å². The number of hydrogen-bond donors (Lipinski definition) is 0. The highest BCUT2D eigenvalue weighted by molar-refractivity contribution is 6.30. The molecule has 1 aliphatic heterocycles. The molecule has 4 rings (SSSR count). The molecule has 4 heteroatoms. The van der Waals surface area contributed by atoms with Crippen LogP contribution in [-0.4, -0.2) is 17.4 Å². The van der Waals surface area contributed by atoms with Gasteiger partial charge in [-0.3, -0.25) is 9.59 Å². The van der Waals surface area contributed by atoms with Crippen LogP contribution in [0.2, 0.25) is 0 Å².